The summed E-state index contributed by atoms with van der Waals surface area (Å²) in [6.45, 7) is 4.65. The first-order valence-corrected chi connectivity index (χ1v) is 12.6. The molecule has 3 aliphatic rings. The minimum atomic E-state index is -0.622. The first-order chi connectivity index (χ1) is 16.9. The van der Waals surface area contributed by atoms with E-state index in [-0.39, 0.29) is 16.9 Å². The number of rotatable bonds is 3. The molecular formula is C29H30FN3O2. The highest BCUT2D eigenvalue weighted by Crippen LogP contribution is 2.51. The number of fused-ring (bicyclic) bond motifs is 4. The van der Waals surface area contributed by atoms with E-state index in [2.05, 4.69) is 11.6 Å². The van der Waals surface area contributed by atoms with Gasteiger partial charge in [0, 0.05) is 29.7 Å². The number of aryl methyl sites for hydroxylation is 1. The van der Waals surface area contributed by atoms with Crippen molar-refractivity contribution >= 4 is 22.7 Å². The highest BCUT2D eigenvalue weighted by molar-refractivity contribution is 6.11. The lowest BCUT2D eigenvalue weighted by atomic mass is 9.71. The third-order valence-electron chi connectivity index (χ3n) is 8.63. The Morgan fingerprint density at radius 1 is 1.14 bits per heavy atom. The highest BCUT2D eigenvalue weighted by atomic mass is 19.1. The van der Waals surface area contributed by atoms with Crippen LogP contribution in [0.2, 0.25) is 0 Å². The fourth-order valence-corrected chi connectivity index (χ4v) is 6.89. The zero-order valence-corrected chi connectivity index (χ0v) is 19.9. The summed E-state index contributed by atoms with van der Waals surface area (Å²) in [7, 11) is 0. The SMILES string of the molecule is C=CC(=O)N1CCc2c(cccc2-c2c(F)cc(C(N)=O)c3[nH]c4c(c23)CC2(CCCC2)CC4)C1. The van der Waals surface area contributed by atoms with Gasteiger partial charge in [0.15, 0.2) is 0 Å². The quantitative estimate of drug-likeness (QED) is 0.516. The van der Waals surface area contributed by atoms with E-state index in [0.29, 0.717) is 30.6 Å². The van der Waals surface area contributed by atoms with Crippen LogP contribution in [0.1, 0.15) is 64.8 Å². The number of nitrogens with one attached hydrogen (secondary N) is 1. The summed E-state index contributed by atoms with van der Waals surface area (Å²) < 4.78 is 16.0. The lowest BCUT2D eigenvalue weighted by Gasteiger charge is -2.33. The number of nitrogens with two attached hydrogens (primary N) is 1. The molecule has 2 heterocycles. The molecule has 2 aliphatic carbocycles. The summed E-state index contributed by atoms with van der Waals surface area (Å²) in [5.74, 6) is -1.14. The Kier molecular flexibility index (Phi) is 5.09. The maximum absolute atomic E-state index is 16.0. The summed E-state index contributed by atoms with van der Waals surface area (Å²) in [5.41, 5.74) is 12.6. The number of nitrogens with zero attached hydrogens (tertiary/aromatic N) is 1. The van der Waals surface area contributed by atoms with Crippen molar-refractivity contribution in [2.75, 3.05) is 6.54 Å². The molecule has 1 saturated carbocycles. The summed E-state index contributed by atoms with van der Waals surface area (Å²) >= 11 is 0. The zero-order chi connectivity index (χ0) is 24.3. The third-order valence-corrected chi connectivity index (χ3v) is 8.63. The molecule has 0 bridgehead atoms. The van der Waals surface area contributed by atoms with E-state index in [4.69, 9.17) is 5.73 Å². The van der Waals surface area contributed by atoms with Crippen LogP contribution in [0.5, 0.6) is 0 Å². The molecular weight excluding hydrogens is 441 g/mol. The van der Waals surface area contributed by atoms with Gasteiger partial charge in [-0.25, -0.2) is 4.39 Å². The Labute approximate surface area is 204 Å². The predicted octanol–water partition coefficient (Wildman–Crippen LogP) is 5.19. The van der Waals surface area contributed by atoms with E-state index >= 15 is 4.39 Å². The van der Waals surface area contributed by atoms with Crippen molar-refractivity contribution in [1.82, 2.24) is 9.88 Å². The van der Waals surface area contributed by atoms with Gasteiger partial charge in [0.2, 0.25) is 5.91 Å². The van der Waals surface area contributed by atoms with Crippen LogP contribution in [-0.4, -0.2) is 28.2 Å². The van der Waals surface area contributed by atoms with Gasteiger partial charge < -0.3 is 15.6 Å². The summed E-state index contributed by atoms with van der Waals surface area (Å²) in [5, 5.41) is 0.817. The number of hydrogen-bond donors (Lipinski definition) is 2. The van der Waals surface area contributed by atoms with Crippen molar-refractivity contribution in [3.63, 3.8) is 0 Å². The number of aromatic nitrogens is 1. The molecule has 1 aliphatic heterocycles. The van der Waals surface area contributed by atoms with Gasteiger partial charge in [0.25, 0.3) is 5.91 Å². The fraction of sp³-hybridized carbons (Fsp3) is 0.379. The topological polar surface area (TPSA) is 79.2 Å². The number of H-pyrrole nitrogens is 1. The van der Waals surface area contributed by atoms with Crippen molar-refractivity contribution in [3.8, 4) is 11.1 Å². The summed E-state index contributed by atoms with van der Waals surface area (Å²) in [6.07, 6.45) is 9.84. The smallest absolute Gasteiger partial charge is 0.250 e. The fourth-order valence-electron chi connectivity index (χ4n) is 6.89. The van der Waals surface area contributed by atoms with Crippen molar-refractivity contribution in [2.45, 2.75) is 57.9 Å². The summed E-state index contributed by atoms with van der Waals surface area (Å²) in [4.78, 5) is 29.8. The Bertz CT molecular complexity index is 1400. The average molecular weight is 472 g/mol. The monoisotopic (exact) mass is 471 g/mol. The Hall–Kier alpha value is -3.41. The van der Waals surface area contributed by atoms with Crippen LogP contribution in [0, 0.1) is 11.2 Å². The minimum Gasteiger partial charge on any atom is -0.366 e. The Morgan fingerprint density at radius 3 is 2.69 bits per heavy atom. The molecule has 0 saturated heterocycles. The first kappa shape index (κ1) is 22.1. The number of hydrogen-bond acceptors (Lipinski definition) is 2. The molecule has 6 rings (SSSR count). The number of amides is 2. The van der Waals surface area contributed by atoms with E-state index in [9.17, 15) is 9.59 Å². The Balaban J connectivity index is 1.58. The molecule has 0 radical (unpaired) electrons. The lowest BCUT2D eigenvalue weighted by Crippen LogP contribution is -2.34. The maximum Gasteiger partial charge on any atom is 0.250 e. The normalized spacial score (nSPS) is 18.5. The molecule has 3 N–H and O–H groups in total. The summed E-state index contributed by atoms with van der Waals surface area (Å²) in [6, 6.07) is 7.21. The van der Waals surface area contributed by atoms with E-state index in [1.807, 2.05) is 18.2 Å². The third kappa shape index (κ3) is 3.41. The molecule has 3 aromatic rings. The van der Waals surface area contributed by atoms with E-state index in [1.165, 1.54) is 37.8 Å². The second-order valence-corrected chi connectivity index (χ2v) is 10.5. The van der Waals surface area contributed by atoms with Crippen LogP contribution in [0.4, 0.5) is 4.39 Å². The highest BCUT2D eigenvalue weighted by Gasteiger charge is 2.39. The van der Waals surface area contributed by atoms with Gasteiger partial charge in [-0.2, -0.15) is 0 Å². The van der Waals surface area contributed by atoms with E-state index < -0.39 is 11.7 Å². The minimum absolute atomic E-state index is 0.0954. The number of benzene rings is 2. The first-order valence-electron chi connectivity index (χ1n) is 12.6. The number of carbonyl (C=O) groups is 2. The van der Waals surface area contributed by atoms with Crippen LogP contribution >= 0.6 is 0 Å². The molecule has 6 heteroatoms. The molecule has 1 spiro atoms. The number of carbonyl (C=O) groups excluding carboxylic acids is 2. The molecule has 0 atom stereocenters. The second-order valence-electron chi connectivity index (χ2n) is 10.5. The molecule has 35 heavy (non-hydrogen) atoms. The van der Waals surface area contributed by atoms with Crippen LogP contribution in [0.3, 0.4) is 0 Å². The van der Waals surface area contributed by atoms with Crippen LogP contribution in [0.15, 0.2) is 36.9 Å². The van der Waals surface area contributed by atoms with Gasteiger partial charge in [0.05, 0.1) is 11.1 Å². The van der Waals surface area contributed by atoms with E-state index in [1.54, 1.807) is 4.90 Å². The molecule has 0 unspecified atom stereocenters. The number of primary amides is 1. The molecule has 2 aromatic carbocycles. The van der Waals surface area contributed by atoms with Crippen molar-refractivity contribution in [1.29, 1.82) is 0 Å². The lowest BCUT2D eigenvalue weighted by molar-refractivity contribution is -0.126. The molecule has 2 amide bonds. The van der Waals surface area contributed by atoms with Crippen molar-refractivity contribution < 1.29 is 14.0 Å². The zero-order valence-electron chi connectivity index (χ0n) is 19.9. The van der Waals surface area contributed by atoms with Gasteiger partial charge in [-0.1, -0.05) is 37.6 Å². The van der Waals surface area contributed by atoms with Gasteiger partial charge >= 0.3 is 0 Å². The van der Waals surface area contributed by atoms with Crippen LogP contribution in [0.25, 0.3) is 22.0 Å². The molecule has 180 valence electrons. The van der Waals surface area contributed by atoms with Crippen molar-refractivity contribution in [3.05, 3.63) is 70.7 Å². The van der Waals surface area contributed by atoms with Crippen LogP contribution in [-0.2, 0) is 30.6 Å². The molecule has 1 fully saturated rings. The van der Waals surface area contributed by atoms with Gasteiger partial charge in [-0.15, -0.1) is 0 Å². The standard InChI is InChI=1S/C29H30FN3O2/c1-2-24(34)33-13-9-18-17(16-33)6-5-7-19(18)25-22(30)14-20(28(31)35)27-26(25)21-15-29(10-3-4-11-29)12-8-23(21)32-27/h2,5-7,14,32H,1,3-4,8-13,15-16H2,(H2,31,35). The average Bonchev–Trinajstić information content (AvgIpc) is 3.47. The largest absolute Gasteiger partial charge is 0.366 e. The van der Waals surface area contributed by atoms with Gasteiger partial charge in [-0.3, -0.25) is 9.59 Å². The van der Waals surface area contributed by atoms with Crippen LogP contribution < -0.4 is 5.73 Å². The maximum atomic E-state index is 16.0. The number of aromatic amines is 1. The predicted molar refractivity (Wildman–Crippen MR) is 134 cm³/mol. The molecule has 1 aromatic heterocycles. The van der Waals surface area contributed by atoms with Gasteiger partial charge in [0.1, 0.15) is 5.82 Å². The molecule has 5 nitrogen and oxygen atoms in total. The van der Waals surface area contributed by atoms with Gasteiger partial charge in [-0.05, 0) is 78.3 Å². The second kappa shape index (κ2) is 8.08. The van der Waals surface area contributed by atoms with Crippen molar-refractivity contribution in [2.24, 2.45) is 11.1 Å². The number of halogens is 1. The van der Waals surface area contributed by atoms with E-state index in [0.717, 1.165) is 52.6 Å². The Morgan fingerprint density at radius 2 is 1.94 bits per heavy atom.